The zero-order valence-electron chi connectivity index (χ0n) is 10.4. The highest BCUT2D eigenvalue weighted by Crippen LogP contribution is 2.26. The van der Waals surface area contributed by atoms with Crippen molar-refractivity contribution in [3.63, 3.8) is 0 Å². The third-order valence-corrected chi connectivity index (χ3v) is 2.96. The molecule has 0 spiro atoms. The van der Waals surface area contributed by atoms with Crippen LogP contribution in [-0.2, 0) is 6.54 Å². The third-order valence-electron chi connectivity index (χ3n) is 2.72. The van der Waals surface area contributed by atoms with Crippen molar-refractivity contribution < 1.29 is 4.92 Å². The molecule has 0 bridgehead atoms. The molecule has 0 saturated carbocycles. The maximum Gasteiger partial charge on any atom is 0.292 e. The fraction of sp³-hybridized carbons (Fsp3) is 0.143. The predicted molar refractivity (Wildman–Crippen MR) is 76.6 cm³/mol. The van der Waals surface area contributed by atoms with Crippen LogP contribution in [0, 0.1) is 17.0 Å². The van der Waals surface area contributed by atoms with E-state index in [-0.39, 0.29) is 10.6 Å². The monoisotopic (exact) mass is 276 g/mol. The Morgan fingerprint density at radius 3 is 2.74 bits per heavy atom. The lowest BCUT2D eigenvalue weighted by Crippen LogP contribution is -2.02. The highest BCUT2D eigenvalue weighted by Gasteiger charge is 2.13. The van der Waals surface area contributed by atoms with Crippen LogP contribution in [0.3, 0.4) is 0 Å². The molecule has 2 rings (SSSR count). The molecule has 4 nitrogen and oxygen atoms in total. The van der Waals surface area contributed by atoms with Crippen molar-refractivity contribution in [3.8, 4) is 0 Å². The van der Waals surface area contributed by atoms with Crippen LogP contribution in [0.1, 0.15) is 11.1 Å². The Kier molecular flexibility index (Phi) is 4.02. The van der Waals surface area contributed by atoms with Gasteiger partial charge in [0.2, 0.25) is 0 Å². The van der Waals surface area contributed by atoms with Gasteiger partial charge in [0, 0.05) is 17.6 Å². The quantitative estimate of drug-likeness (QED) is 0.673. The number of hydrogen-bond donors (Lipinski definition) is 1. The summed E-state index contributed by atoms with van der Waals surface area (Å²) in [5, 5.41) is 14.7. The van der Waals surface area contributed by atoms with E-state index in [0.717, 1.165) is 11.1 Å². The van der Waals surface area contributed by atoms with Crippen molar-refractivity contribution in [2.24, 2.45) is 0 Å². The molecule has 0 aromatic heterocycles. The van der Waals surface area contributed by atoms with Gasteiger partial charge in [0.25, 0.3) is 5.69 Å². The molecule has 19 heavy (non-hydrogen) atoms. The first kappa shape index (κ1) is 13.4. The summed E-state index contributed by atoms with van der Waals surface area (Å²) in [7, 11) is 0. The van der Waals surface area contributed by atoms with Crippen LogP contribution < -0.4 is 5.32 Å². The Morgan fingerprint density at radius 1 is 1.26 bits per heavy atom. The van der Waals surface area contributed by atoms with Gasteiger partial charge >= 0.3 is 0 Å². The van der Waals surface area contributed by atoms with Gasteiger partial charge in [-0.1, -0.05) is 29.8 Å². The zero-order chi connectivity index (χ0) is 13.8. The standard InChI is InChI=1S/C14H13ClN2O2/c1-10-5-6-13(14(7-10)17(18)19)16-9-11-3-2-4-12(15)8-11/h2-8,16H,9H2,1H3. The first-order valence-electron chi connectivity index (χ1n) is 5.79. The first-order valence-corrected chi connectivity index (χ1v) is 6.17. The molecule has 0 aliphatic heterocycles. The van der Waals surface area contributed by atoms with Crippen LogP contribution in [0.4, 0.5) is 11.4 Å². The Morgan fingerprint density at radius 2 is 2.05 bits per heavy atom. The maximum absolute atomic E-state index is 11.0. The summed E-state index contributed by atoms with van der Waals surface area (Å²) in [5.41, 5.74) is 2.43. The Balaban J connectivity index is 2.17. The van der Waals surface area contributed by atoms with Crippen LogP contribution in [0.25, 0.3) is 0 Å². The molecule has 0 heterocycles. The first-order chi connectivity index (χ1) is 9.06. The second-order valence-corrected chi connectivity index (χ2v) is 4.70. The highest BCUT2D eigenvalue weighted by molar-refractivity contribution is 6.30. The van der Waals surface area contributed by atoms with Gasteiger partial charge in [-0.15, -0.1) is 0 Å². The van der Waals surface area contributed by atoms with Crippen LogP contribution in [0.15, 0.2) is 42.5 Å². The van der Waals surface area contributed by atoms with E-state index in [9.17, 15) is 10.1 Å². The van der Waals surface area contributed by atoms with Crippen molar-refractivity contribution in [1.82, 2.24) is 0 Å². The lowest BCUT2D eigenvalue weighted by Gasteiger charge is -2.08. The molecule has 0 radical (unpaired) electrons. The molecule has 0 fully saturated rings. The van der Waals surface area contributed by atoms with Crippen LogP contribution >= 0.6 is 11.6 Å². The number of aryl methyl sites for hydroxylation is 1. The minimum atomic E-state index is -0.382. The number of nitrogens with zero attached hydrogens (tertiary/aromatic N) is 1. The summed E-state index contributed by atoms with van der Waals surface area (Å²) in [6.45, 7) is 2.32. The van der Waals surface area contributed by atoms with Crippen molar-refractivity contribution in [1.29, 1.82) is 0 Å². The fourth-order valence-electron chi connectivity index (χ4n) is 1.79. The van der Waals surface area contributed by atoms with Crippen molar-refractivity contribution in [2.45, 2.75) is 13.5 Å². The molecule has 0 atom stereocenters. The van der Waals surface area contributed by atoms with Crippen LogP contribution in [0.2, 0.25) is 5.02 Å². The number of anilines is 1. The summed E-state index contributed by atoms with van der Waals surface area (Å²) >= 11 is 5.89. The van der Waals surface area contributed by atoms with E-state index in [4.69, 9.17) is 11.6 Å². The smallest absolute Gasteiger partial charge is 0.292 e. The summed E-state index contributed by atoms with van der Waals surface area (Å²) < 4.78 is 0. The van der Waals surface area contributed by atoms with Gasteiger partial charge in [-0.05, 0) is 36.2 Å². The largest absolute Gasteiger partial charge is 0.375 e. The number of rotatable bonds is 4. The molecule has 0 amide bonds. The molecular formula is C14H13ClN2O2. The zero-order valence-corrected chi connectivity index (χ0v) is 11.1. The Hall–Kier alpha value is -2.07. The average Bonchev–Trinajstić information content (AvgIpc) is 2.37. The summed E-state index contributed by atoms with van der Waals surface area (Å²) in [4.78, 5) is 10.6. The molecule has 2 aromatic rings. The molecule has 2 aromatic carbocycles. The lowest BCUT2D eigenvalue weighted by molar-refractivity contribution is -0.384. The third kappa shape index (κ3) is 3.45. The number of nitro benzene ring substituents is 1. The van der Waals surface area contributed by atoms with E-state index in [1.54, 1.807) is 18.2 Å². The fourth-order valence-corrected chi connectivity index (χ4v) is 2.00. The van der Waals surface area contributed by atoms with Crippen molar-refractivity contribution in [3.05, 3.63) is 68.7 Å². The molecule has 98 valence electrons. The van der Waals surface area contributed by atoms with E-state index >= 15 is 0 Å². The molecule has 5 heteroatoms. The van der Waals surface area contributed by atoms with Gasteiger partial charge in [-0.2, -0.15) is 0 Å². The van der Waals surface area contributed by atoms with Crippen molar-refractivity contribution in [2.75, 3.05) is 5.32 Å². The van der Waals surface area contributed by atoms with Gasteiger partial charge in [-0.25, -0.2) is 0 Å². The molecule has 0 aliphatic carbocycles. The highest BCUT2D eigenvalue weighted by atomic mass is 35.5. The number of hydrogen-bond acceptors (Lipinski definition) is 3. The second kappa shape index (κ2) is 5.71. The molecule has 1 N–H and O–H groups in total. The number of nitro groups is 1. The number of benzene rings is 2. The van der Waals surface area contributed by atoms with Crippen LogP contribution in [-0.4, -0.2) is 4.92 Å². The van der Waals surface area contributed by atoms with E-state index in [2.05, 4.69) is 5.32 Å². The number of nitrogens with one attached hydrogen (secondary N) is 1. The molecule has 0 saturated heterocycles. The molecular weight excluding hydrogens is 264 g/mol. The Bertz CT molecular complexity index is 614. The predicted octanol–water partition coefficient (Wildman–Crippen LogP) is 4.17. The summed E-state index contributed by atoms with van der Waals surface area (Å²) in [6.07, 6.45) is 0. The van der Waals surface area contributed by atoms with Gasteiger partial charge in [0.1, 0.15) is 5.69 Å². The van der Waals surface area contributed by atoms with Gasteiger partial charge < -0.3 is 5.32 Å². The SMILES string of the molecule is Cc1ccc(NCc2cccc(Cl)c2)c([N+](=O)[O-])c1. The van der Waals surface area contributed by atoms with Gasteiger partial charge in [-0.3, -0.25) is 10.1 Å². The van der Waals surface area contributed by atoms with Gasteiger partial charge in [0.05, 0.1) is 4.92 Å². The molecule has 0 aliphatic rings. The summed E-state index contributed by atoms with van der Waals surface area (Å²) in [5.74, 6) is 0. The van der Waals surface area contributed by atoms with E-state index in [1.807, 2.05) is 31.2 Å². The molecule has 0 unspecified atom stereocenters. The minimum absolute atomic E-state index is 0.0852. The minimum Gasteiger partial charge on any atom is -0.375 e. The second-order valence-electron chi connectivity index (χ2n) is 4.26. The van der Waals surface area contributed by atoms with E-state index < -0.39 is 0 Å². The van der Waals surface area contributed by atoms with E-state index in [0.29, 0.717) is 17.3 Å². The lowest BCUT2D eigenvalue weighted by atomic mass is 10.1. The average molecular weight is 277 g/mol. The van der Waals surface area contributed by atoms with Crippen LogP contribution in [0.5, 0.6) is 0 Å². The van der Waals surface area contributed by atoms with Crippen molar-refractivity contribution >= 4 is 23.0 Å². The maximum atomic E-state index is 11.0. The van der Waals surface area contributed by atoms with Gasteiger partial charge in [0.15, 0.2) is 0 Å². The summed E-state index contributed by atoms with van der Waals surface area (Å²) in [6, 6.07) is 12.5. The van der Waals surface area contributed by atoms with E-state index in [1.165, 1.54) is 0 Å². The number of halogens is 1. The normalized spacial score (nSPS) is 10.2. The topological polar surface area (TPSA) is 55.2 Å². The Labute approximate surface area is 116 Å².